The van der Waals surface area contributed by atoms with E-state index in [0.717, 1.165) is 36.3 Å². The lowest BCUT2D eigenvalue weighted by Gasteiger charge is -2.36. The van der Waals surface area contributed by atoms with Crippen molar-refractivity contribution in [2.75, 3.05) is 17.3 Å². The summed E-state index contributed by atoms with van der Waals surface area (Å²) in [4.78, 5) is 30.6. The van der Waals surface area contributed by atoms with Gasteiger partial charge in [-0.2, -0.15) is 0 Å². The van der Waals surface area contributed by atoms with Gasteiger partial charge < -0.3 is 14.6 Å². The first-order valence-electron chi connectivity index (χ1n) is 10.2. The molecule has 1 aromatic carbocycles. The number of hydrogen-bond acceptors (Lipinski definition) is 4. The van der Waals surface area contributed by atoms with Crippen LogP contribution in [0.1, 0.15) is 44.9 Å². The number of nitrogens with one attached hydrogen (secondary N) is 1. The zero-order valence-corrected chi connectivity index (χ0v) is 16.9. The Morgan fingerprint density at radius 3 is 2.59 bits per heavy atom. The molecule has 1 unspecified atom stereocenters. The summed E-state index contributed by atoms with van der Waals surface area (Å²) >= 11 is 0. The molecule has 1 N–H and O–H groups in total. The van der Waals surface area contributed by atoms with Gasteiger partial charge in [-0.25, -0.2) is 0 Å². The first-order chi connectivity index (χ1) is 13.9. The van der Waals surface area contributed by atoms with Gasteiger partial charge in [0.25, 0.3) is 5.91 Å². The molecule has 2 aliphatic heterocycles. The van der Waals surface area contributed by atoms with E-state index in [9.17, 15) is 9.59 Å². The Hall–Kier alpha value is -3.02. The molecule has 1 fully saturated rings. The molecule has 1 aliphatic carbocycles. The number of amides is 2. The normalized spacial score (nSPS) is 23.3. The highest BCUT2D eigenvalue weighted by atomic mass is 16.3. The molecule has 3 aliphatic rings. The predicted molar refractivity (Wildman–Crippen MR) is 110 cm³/mol. The molecule has 0 saturated heterocycles. The Morgan fingerprint density at radius 1 is 1.17 bits per heavy atom. The summed E-state index contributed by atoms with van der Waals surface area (Å²) in [5, 5.41) is 3.51. The fraction of sp³-hybridized carbons (Fsp3) is 0.391. The van der Waals surface area contributed by atoms with Crippen LogP contribution in [0.25, 0.3) is 0 Å². The van der Waals surface area contributed by atoms with Gasteiger partial charge in [0.2, 0.25) is 5.91 Å². The van der Waals surface area contributed by atoms with Crippen molar-refractivity contribution < 1.29 is 14.0 Å². The van der Waals surface area contributed by atoms with E-state index in [1.54, 1.807) is 22.1 Å². The number of likely N-dealkylation sites (N-methyl/N-ethyl adjacent to an activating group) is 1. The van der Waals surface area contributed by atoms with Crippen LogP contribution in [0.3, 0.4) is 0 Å². The number of rotatable bonds is 2. The van der Waals surface area contributed by atoms with Crippen molar-refractivity contribution in [2.45, 2.75) is 44.7 Å². The van der Waals surface area contributed by atoms with E-state index in [1.807, 2.05) is 51.2 Å². The number of fused-ring (bicyclic) bond motifs is 1. The Morgan fingerprint density at radius 2 is 1.93 bits per heavy atom. The summed E-state index contributed by atoms with van der Waals surface area (Å²) in [6, 6.07) is 10.8. The highest BCUT2D eigenvalue weighted by molar-refractivity contribution is 6.07. The van der Waals surface area contributed by atoms with Crippen LogP contribution >= 0.6 is 0 Å². The van der Waals surface area contributed by atoms with Crippen molar-refractivity contribution in [3.05, 3.63) is 59.7 Å². The van der Waals surface area contributed by atoms with Crippen molar-refractivity contribution >= 4 is 23.2 Å². The van der Waals surface area contributed by atoms with Crippen LogP contribution in [0, 0.1) is 5.92 Å². The van der Waals surface area contributed by atoms with Gasteiger partial charge in [-0.05, 0) is 51.0 Å². The topological polar surface area (TPSA) is 65.8 Å². The molecule has 3 heterocycles. The summed E-state index contributed by atoms with van der Waals surface area (Å²) in [5.41, 5.74) is 2.49. The largest absolute Gasteiger partial charge is 0.467 e. The van der Waals surface area contributed by atoms with Crippen molar-refractivity contribution in [2.24, 2.45) is 5.92 Å². The van der Waals surface area contributed by atoms with E-state index < -0.39 is 11.6 Å². The summed E-state index contributed by atoms with van der Waals surface area (Å²) in [6.45, 7) is 4.04. The standard InChI is InChI=1S/C23H25N3O3/c1-23(2)20-18(22(28)25(23)3)19(17-12-7-13-29-17)26(21(27)14-8-6-9-14)16-11-5-4-10-15(16)24-20/h4-5,7,10-14,19,24H,6,8-9H2,1-3H3. The molecule has 150 valence electrons. The van der Waals surface area contributed by atoms with E-state index in [1.165, 1.54) is 0 Å². The third-order valence-corrected chi connectivity index (χ3v) is 6.71. The molecule has 5 rings (SSSR count). The molecule has 2 aromatic rings. The van der Waals surface area contributed by atoms with Gasteiger partial charge in [0.1, 0.15) is 11.8 Å². The van der Waals surface area contributed by atoms with Gasteiger partial charge in [-0.3, -0.25) is 14.5 Å². The number of para-hydroxylation sites is 2. The molecule has 1 atom stereocenters. The SMILES string of the molecule is CN1C(=O)C2=C(Nc3ccccc3N(C(=O)C3CCC3)C2c2ccco2)C1(C)C. The monoisotopic (exact) mass is 391 g/mol. The maximum atomic E-state index is 13.6. The zero-order chi connectivity index (χ0) is 20.3. The van der Waals surface area contributed by atoms with Gasteiger partial charge in [-0.15, -0.1) is 0 Å². The molecule has 6 heteroatoms. The van der Waals surface area contributed by atoms with Gasteiger partial charge >= 0.3 is 0 Å². The Kier molecular flexibility index (Phi) is 3.88. The van der Waals surface area contributed by atoms with Crippen LogP contribution in [0.2, 0.25) is 0 Å². The van der Waals surface area contributed by atoms with Crippen molar-refractivity contribution in [1.82, 2.24) is 4.90 Å². The second-order valence-corrected chi connectivity index (χ2v) is 8.61. The number of carbonyl (C=O) groups is 2. The van der Waals surface area contributed by atoms with Crippen LogP contribution < -0.4 is 10.2 Å². The van der Waals surface area contributed by atoms with Gasteiger partial charge in [0.05, 0.1) is 34.4 Å². The number of furan rings is 1. The van der Waals surface area contributed by atoms with E-state index in [4.69, 9.17) is 4.42 Å². The zero-order valence-electron chi connectivity index (χ0n) is 16.9. The smallest absolute Gasteiger partial charge is 0.254 e. The minimum atomic E-state index is -0.596. The molecule has 0 spiro atoms. The first-order valence-corrected chi connectivity index (χ1v) is 10.2. The van der Waals surface area contributed by atoms with Crippen LogP contribution in [0.4, 0.5) is 11.4 Å². The summed E-state index contributed by atoms with van der Waals surface area (Å²) in [7, 11) is 1.81. The second kappa shape index (κ2) is 6.24. The summed E-state index contributed by atoms with van der Waals surface area (Å²) < 4.78 is 5.79. The van der Waals surface area contributed by atoms with E-state index >= 15 is 0 Å². The second-order valence-electron chi connectivity index (χ2n) is 8.61. The lowest BCUT2D eigenvalue weighted by atomic mass is 9.83. The lowest BCUT2D eigenvalue weighted by Crippen LogP contribution is -2.44. The molecule has 1 aromatic heterocycles. The van der Waals surface area contributed by atoms with Gasteiger partial charge in [-0.1, -0.05) is 18.6 Å². The van der Waals surface area contributed by atoms with Crippen LogP contribution in [0.5, 0.6) is 0 Å². The molecule has 2 amide bonds. The first kappa shape index (κ1) is 18.0. The number of carbonyl (C=O) groups excluding carboxylic acids is 2. The van der Waals surface area contributed by atoms with E-state index in [0.29, 0.717) is 11.3 Å². The maximum absolute atomic E-state index is 13.6. The lowest BCUT2D eigenvalue weighted by molar-refractivity contribution is -0.127. The van der Waals surface area contributed by atoms with E-state index in [2.05, 4.69) is 5.32 Å². The number of anilines is 2. The van der Waals surface area contributed by atoms with Gasteiger partial charge in [0.15, 0.2) is 0 Å². The number of benzene rings is 1. The molecule has 0 radical (unpaired) electrons. The van der Waals surface area contributed by atoms with Crippen molar-refractivity contribution in [1.29, 1.82) is 0 Å². The highest BCUT2D eigenvalue weighted by Crippen LogP contribution is 2.49. The summed E-state index contributed by atoms with van der Waals surface area (Å²) in [5.74, 6) is 0.562. The van der Waals surface area contributed by atoms with Crippen LogP contribution in [0.15, 0.2) is 58.3 Å². The number of nitrogens with zero attached hydrogens (tertiary/aromatic N) is 2. The summed E-state index contributed by atoms with van der Waals surface area (Å²) in [6.07, 6.45) is 4.44. The van der Waals surface area contributed by atoms with Crippen molar-refractivity contribution in [3.8, 4) is 0 Å². The average molecular weight is 391 g/mol. The molecular weight excluding hydrogens is 366 g/mol. The van der Waals surface area contributed by atoms with Crippen LogP contribution in [-0.4, -0.2) is 29.3 Å². The molecule has 1 saturated carbocycles. The van der Waals surface area contributed by atoms with Gasteiger partial charge in [0, 0.05) is 13.0 Å². The van der Waals surface area contributed by atoms with Crippen LogP contribution in [-0.2, 0) is 9.59 Å². The third-order valence-electron chi connectivity index (χ3n) is 6.71. The highest BCUT2D eigenvalue weighted by Gasteiger charge is 2.51. The predicted octanol–water partition coefficient (Wildman–Crippen LogP) is 4.08. The fourth-order valence-electron chi connectivity index (χ4n) is 4.52. The molecule has 0 bridgehead atoms. The Labute approximate surface area is 170 Å². The maximum Gasteiger partial charge on any atom is 0.254 e. The number of hydrogen-bond donors (Lipinski definition) is 1. The Bertz CT molecular complexity index is 1020. The Balaban J connectivity index is 1.78. The minimum Gasteiger partial charge on any atom is -0.467 e. The van der Waals surface area contributed by atoms with E-state index in [-0.39, 0.29) is 17.7 Å². The molecule has 29 heavy (non-hydrogen) atoms. The minimum absolute atomic E-state index is 0.00934. The third kappa shape index (κ3) is 2.48. The average Bonchev–Trinajstić information content (AvgIpc) is 3.19. The molecule has 6 nitrogen and oxygen atoms in total. The quantitative estimate of drug-likeness (QED) is 0.838. The van der Waals surface area contributed by atoms with Crippen molar-refractivity contribution in [3.63, 3.8) is 0 Å². The molecular formula is C23H25N3O3. The fourth-order valence-corrected chi connectivity index (χ4v) is 4.52.